The standard InChI is InChI=1S/C19H23NO2/c1-18-10-8-15(21)17(20)14(18)4-3-11-12-5-6-16(22)19(12,2)9-7-13(11)18/h3-4,8,10-14,20H,5-7,9H2,1-2H3/t11-,12-,13+,14?,18+,19-/m0/s1. The van der Waals surface area contributed by atoms with E-state index < -0.39 is 0 Å². The molecule has 0 aromatic carbocycles. The van der Waals surface area contributed by atoms with Gasteiger partial charge in [-0.1, -0.05) is 32.1 Å². The highest BCUT2D eigenvalue weighted by molar-refractivity contribution is 6.44. The number of carbonyl (C=O) groups is 2. The summed E-state index contributed by atoms with van der Waals surface area (Å²) in [7, 11) is 0. The molecule has 0 aliphatic heterocycles. The zero-order valence-electron chi connectivity index (χ0n) is 13.3. The Hall–Kier alpha value is -1.51. The van der Waals surface area contributed by atoms with E-state index in [2.05, 4.69) is 32.1 Å². The van der Waals surface area contributed by atoms with Gasteiger partial charge in [0, 0.05) is 23.2 Å². The van der Waals surface area contributed by atoms with Gasteiger partial charge in [0.1, 0.15) is 5.78 Å². The Morgan fingerprint density at radius 3 is 2.68 bits per heavy atom. The van der Waals surface area contributed by atoms with Crippen LogP contribution in [0, 0.1) is 39.9 Å². The van der Waals surface area contributed by atoms with Gasteiger partial charge in [-0.2, -0.15) is 0 Å². The van der Waals surface area contributed by atoms with Crippen LogP contribution in [-0.4, -0.2) is 17.3 Å². The topological polar surface area (TPSA) is 58.0 Å². The van der Waals surface area contributed by atoms with Crippen molar-refractivity contribution < 1.29 is 9.59 Å². The molecule has 0 aromatic rings. The Bertz CT molecular complexity index is 646. The van der Waals surface area contributed by atoms with Gasteiger partial charge in [-0.05, 0) is 43.1 Å². The summed E-state index contributed by atoms with van der Waals surface area (Å²) in [6, 6.07) is 0. The molecule has 0 heterocycles. The van der Waals surface area contributed by atoms with Crippen LogP contribution in [0.3, 0.4) is 0 Å². The van der Waals surface area contributed by atoms with Crippen LogP contribution in [-0.2, 0) is 9.59 Å². The minimum atomic E-state index is -0.151. The molecule has 0 bridgehead atoms. The maximum absolute atomic E-state index is 12.3. The van der Waals surface area contributed by atoms with Crippen molar-refractivity contribution in [2.24, 2.45) is 34.5 Å². The fraction of sp³-hybridized carbons (Fsp3) is 0.632. The van der Waals surface area contributed by atoms with Crippen molar-refractivity contribution in [1.29, 1.82) is 5.41 Å². The number of hydrogen-bond donors (Lipinski definition) is 1. The second-order valence-electron chi connectivity index (χ2n) is 8.05. The molecule has 116 valence electrons. The number of rotatable bonds is 0. The molecule has 0 amide bonds. The van der Waals surface area contributed by atoms with E-state index in [0.717, 1.165) is 25.7 Å². The number of Topliss-reactive ketones (excluding diaryl/α,β-unsaturated/α-hetero) is 1. The zero-order valence-corrected chi connectivity index (χ0v) is 13.3. The number of ketones is 2. The summed E-state index contributed by atoms with van der Waals surface area (Å²) in [6.07, 6.45) is 11.7. The Balaban J connectivity index is 1.78. The highest BCUT2D eigenvalue weighted by Crippen LogP contribution is 2.61. The van der Waals surface area contributed by atoms with Gasteiger partial charge in [0.05, 0.1) is 5.71 Å². The predicted molar refractivity (Wildman–Crippen MR) is 84.7 cm³/mol. The van der Waals surface area contributed by atoms with Crippen LogP contribution in [0.2, 0.25) is 0 Å². The van der Waals surface area contributed by atoms with Crippen molar-refractivity contribution in [2.45, 2.75) is 39.5 Å². The zero-order chi connectivity index (χ0) is 15.7. The van der Waals surface area contributed by atoms with Crippen LogP contribution in [0.25, 0.3) is 0 Å². The van der Waals surface area contributed by atoms with E-state index in [9.17, 15) is 9.59 Å². The number of allylic oxidation sites excluding steroid dienone is 4. The molecule has 4 aliphatic rings. The molecule has 0 spiro atoms. The average Bonchev–Trinajstić information content (AvgIpc) is 2.79. The van der Waals surface area contributed by atoms with Crippen molar-refractivity contribution in [1.82, 2.24) is 0 Å². The summed E-state index contributed by atoms with van der Waals surface area (Å²) in [6.45, 7) is 4.36. The van der Waals surface area contributed by atoms with Crippen LogP contribution in [0.15, 0.2) is 24.3 Å². The summed E-state index contributed by atoms with van der Waals surface area (Å²) in [5.74, 6) is 1.50. The molecule has 0 aromatic heterocycles. The van der Waals surface area contributed by atoms with Gasteiger partial charge in [-0.25, -0.2) is 0 Å². The number of nitrogens with one attached hydrogen (secondary N) is 1. The Labute approximate surface area is 131 Å². The maximum atomic E-state index is 12.3. The van der Waals surface area contributed by atoms with Gasteiger partial charge in [0.2, 0.25) is 0 Å². The first-order chi connectivity index (χ1) is 10.4. The van der Waals surface area contributed by atoms with E-state index in [0.29, 0.717) is 23.5 Å². The molecule has 6 atom stereocenters. The largest absolute Gasteiger partial charge is 0.301 e. The van der Waals surface area contributed by atoms with Crippen LogP contribution in [0.1, 0.15) is 39.5 Å². The van der Waals surface area contributed by atoms with Crippen molar-refractivity contribution >= 4 is 17.3 Å². The Kier molecular flexibility index (Phi) is 2.74. The van der Waals surface area contributed by atoms with Crippen molar-refractivity contribution in [3.8, 4) is 0 Å². The minimum absolute atomic E-state index is 0.0901. The Morgan fingerprint density at radius 1 is 1.14 bits per heavy atom. The molecule has 3 heteroatoms. The van der Waals surface area contributed by atoms with Gasteiger partial charge < -0.3 is 5.41 Å². The second kappa shape index (κ2) is 4.27. The van der Waals surface area contributed by atoms with Crippen molar-refractivity contribution in [3.63, 3.8) is 0 Å². The lowest BCUT2D eigenvalue weighted by molar-refractivity contribution is -0.130. The second-order valence-corrected chi connectivity index (χ2v) is 8.05. The minimum Gasteiger partial charge on any atom is -0.301 e. The van der Waals surface area contributed by atoms with E-state index in [1.807, 2.05) is 0 Å². The molecule has 22 heavy (non-hydrogen) atoms. The number of hydrogen-bond acceptors (Lipinski definition) is 3. The molecular weight excluding hydrogens is 274 g/mol. The molecule has 2 saturated carbocycles. The van der Waals surface area contributed by atoms with Gasteiger partial charge in [0.25, 0.3) is 0 Å². The highest BCUT2D eigenvalue weighted by Gasteiger charge is 2.59. The number of carbonyl (C=O) groups excluding carboxylic acids is 2. The lowest BCUT2D eigenvalue weighted by Crippen LogP contribution is -2.52. The Morgan fingerprint density at radius 2 is 1.91 bits per heavy atom. The SMILES string of the molecule is C[C@]12C=CC(=O)C(=N)C1C=C[C@@H]1[C@H]2CC[C@]2(C)C(=O)CC[C@@H]12. The number of fused-ring (bicyclic) bond motifs is 5. The molecule has 4 rings (SSSR count). The van der Waals surface area contributed by atoms with E-state index >= 15 is 0 Å². The van der Waals surface area contributed by atoms with E-state index in [1.54, 1.807) is 6.08 Å². The lowest BCUT2D eigenvalue weighted by Gasteiger charge is -2.55. The van der Waals surface area contributed by atoms with Gasteiger partial charge in [-0.3, -0.25) is 9.59 Å². The van der Waals surface area contributed by atoms with Gasteiger partial charge in [-0.15, -0.1) is 0 Å². The third-order valence-corrected chi connectivity index (χ3v) is 7.21. The average molecular weight is 297 g/mol. The normalized spacial score (nSPS) is 49.8. The van der Waals surface area contributed by atoms with Crippen molar-refractivity contribution in [3.05, 3.63) is 24.3 Å². The first kappa shape index (κ1) is 14.1. The highest BCUT2D eigenvalue weighted by atomic mass is 16.1. The fourth-order valence-corrected chi connectivity index (χ4v) is 5.77. The van der Waals surface area contributed by atoms with Crippen LogP contribution >= 0.6 is 0 Å². The molecule has 3 nitrogen and oxygen atoms in total. The van der Waals surface area contributed by atoms with Crippen molar-refractivity contribution in [2.75, 3.05) is 0 Å². The maximum Gasteiger partial charge on any atom is 0.199 e. The van der Waals surface area contributed by atoms with E-state index in [1.165, 1.54) is 0 Å². The summed E-state index contributed by atoms with van der Waals surface area (Å²) in [5, 5.41) is 8.16. The summed E-state index contributed by atoms with van der Waals surface area (Å²) >= 11 is 0. The first-order valence-electron chi connectivity index (χ1n) is 8.41. The van der Waals surface area contributed by atoms with Gasteiger partial charge in [0.15, 0.2) is 5.78 Å². The summed E-state index contributed by atoms with van der Waals surface area (Å²) in [4.78, 5) is 24.2. The predicted octanol–water partition coefficient (Wildman–Crippen LogP) is 3.35. The summed E-state index contributed by atoms with van der Waals surface area (Å²) < 4.78 is 0. The molecule has 0 saturated heterocycles. The third-order valence-electron chi connectivity index (χ3n) is 7.21. The van der Waals surface area contributed by atoms with Gasteiger partial charge >= 0.3 is 0 Å². The molecule has 4 aliphatic carbocycles. The van der Waals surface area contributed by atoms with Crippen LogP contribution in [0.4, 0.5) is 0 Å². The lowest BCUT2D eigenvalue weighted by atomic mass is 9.48. The molecule has 1 unspecified atom stereocenters. The summed E-state index contributed by atoms with van der Waals surface area (Å²) in [5.41, 5.74) is -0.0520. The molecule has 2 fully saturated rings. The van der Waals surface area contributed by atoms with Crippen LogP contribution in [0.5, 0.6) is 0 Å². The smallest absolute Gasteiger partial charge is 0.199 e. The van der Waals surface area contributed by atoms with E-state index in [4.69, 9.17) is 5.41 Å². The molecule has 1 N–H and O–H groups in total. The first-order valence-corrected chi connectivity index (χ1v) is 8.41. The fourth-order valence-electron chi connectivity index (χ4n) is 5.77. The van der Waals surface area contributed by atoms with Crippen LogP contribution < -0.4 is 0 Å². The molecule has 0 radical (unpaired) electrons. The third kappa shape index (κ3) is 1.55. The molecular formula is C19H23NO2. The van der Waals surface area contributed by atoms with E-state index in [-0.39, 0.29) is 28.2 Å². The quantitative estimate of drug-likeness (QED) is 0.697. The monoisotopic (exact) mass is 297 g/mol.